The molecule has 1 fully saturated rings. The zero-order chi connectivity index (χ0) is 44.1. The zero-order valence-electron chi connectivity index (χ0n) is 37.2. The maximum Gasteiger partial charge on any atom is 0.0541 e. The van der Waals surface area contributed by atoms with E-state index in [1.807, 2.05) is 0 Å². The average Bonchev–Trinajstić information content (AvgIpc) is 4.16. The van der Waals surface area contributed by atoms with Gasteiger partial charge in [-0.3, -0.25) is 0 Å². The Hall–Kier alpha value is -8.20. The van der Waals surface area contributed by atoms with E-state index in [0.717, 1.165) is 0 Å². The lowest BCUT2D eigenvalue weighted by molar-refractivity contribution is 0.550. The van der Waals surface area contributed by atoms with E-state index < -0.39 is 0 Å². The Morgan fingerprint density at radius 1 is 0.313 bits per heavy atom. The topological polar surface area (TPSA) is 9.86 Å². The molecular formula is C65H46N2. The Kier molecular flexibility index (Phi) is 8.48. The van der Waals surface area contributed by atoms with Gasteiger partial charge in [0.1, 0.15) is 0 Å². The van der Waals surface area contributed by atoms with E-state index in [-0.39, 0.29) is 5.41 Å². The number of benzene rings is 10. The van der Waals surface area contributed by atoms with Crippen molar-refractivity contribution in [2.24, 2.45) is 0 Å². The molecule has 0 saturated heterocycles. The van der Waals surface area contributed by atoms with Gasteiger partial charge in [-0.05, 0) is 140 Å². The summed E-state index contributed by atoms with van der Waals surface area (Å²) in [4.78, 5) is 0. The Bertz CT molecular complexity index is 3790. The fourth-order valence-electron chi connectivity index (χ4n) is 12.0. The molecule has 0 aliphatic heterocycles. The van der Waals surface area contributed by atoms with Gasteiger partial charge < -0.3 is 9.13 Å². The van der Waals surface area contributed by atoms with Gasteiger partial charge in [0.05, 0.1) is 22.1 Å². The number of rotatable bonds is 6. The van der Waals surface area contributed by atoms with Crippen molar-refractivity contribution in [2.75, 3.05) is 0 Å². The summed E-state index contributed by atoms with van der Waals surface area (Å²) < 4.78 is 4.83. The van der Waals surface area contributed by atoms with E-state index in [0.29, 0.717) is 0 Å². The van der Waals surface area contributed by atoms with Crippen LogP contribution in [0.4, 0.5) is 0 Å². The quantitative estimate of drug-likeness (QED) is 0.148. The molecule has 2 aromatic heterocycles. The second-order valence-corrected chi connectivity index (χ2v) is 18.9. The Morgan fingerprint density at radius 3 is 1.18 bits per heavy atom. The van der Waals surface area contributed by atoms with E-state index >= 15 is 0 Å². The zero-order valence-corrected chi connectivity index (χ0v) is 37.2. The molecule has 2 aliphatic carbocycles. The Balaban J connectivity index is 0.773. The molecule has 2 nitrogen and oxygen atoms in total. The number of hydrogen-bond donors (Lipinski definition) is 0. The lowest BCUT2D eigenvalue weighted by Gasteiger charge is -2.27. The summed E-state index contributed by atoms with van der Waals surface area (Å²) in [6.45, 7) is 0. The number of hydrogen-bond acceptors (Lipinski definition) is 0. The summed E-state index contributed by atoms with van der Waals surface area (Å²) in [5, 5.41) is 10.1. The molecule has 2 aliphatic rings. The van der Waals surface area contributed by atoms with E-state index in [4.69, 9.17) is 0 Å². The Labute approximate surface area is 390 Å². The maximum atomic E-state index is 2.50. The van der Waals surface area contributed by atoms with Gasteiger partial charge in [0.2, 0.25) is 0 Å². The van der Waals surface area contributed by atoms with Crippen molar-refractivity contribution in [3.05, 3.63) is 240 Å². The first-order valence-corrected chi connectivity index (χ1v) is 23.9. The predicted octanol–water partition coefficient (Wildman–Crippen LogP) is 17.4. The van der Waals surface area contributed by atoms with Crippen molar-refractivity contribution >= 4 is 89.5 Å². The van der Waals surface area contributed by atoms with Crippen LogP contribution in [0.15, 0.2) is 206 Å². The third-order valence-corrected chi connectivity index (χ3v) is 15.2. The number of para-hydroxylation sites is 2. The largest absolute Gasteiger partial charge is 0.309 e. The monoisotopic (exact) mass is 854 g/mol. The third kappa shape index (κ3) is 6.03. The van der Waals surface area contributed by atoms with Crippen molar-refractivity contribution in [3.63, 3.8) is 0 Å². The molecule has 0 radical (unpaired) electrons. The maximum absolute atomic E-state index is 2.50. The Morgan fingerprint density at radius 2 is 0.701 bits per heavy atom. The van der Waals surface area contributed by atoms with Crippen LogP contribution in [0.5, 0.6) is 0 Å². The van der Waals surface area contributed by atoms with Crippen molar-refractivity contribution in [1.29, 1.82) is 0 Å². The second-order valence-electron chi connectivity index (χ2n) is 18.9. The van der Waals surface area contributed by atoms with Gasteiger partial charge in [-0.15, -0.1) is 0 Å². The van der Waals surface area contributed by atoms with Crippen LogP contribution in [-0.2, 0) is 5.41 Å². The second kappa shape index (κ2) is 14.9. The number of nitrogens with zero attached hydrogens (tertiary/aromatic N) is 2. The van der Waals surface area contributed by atoms with Crippen LogP contribution >= 0.6 is 0 Å². The van der Waals surface area contributed by atoms with E-state index in [1.165, 1.54) is 147 Å². The van der Waals surface area contributed by atoms with Crippen LogP contribution in [0.3, 0.4) is 0 Å². The number of fused-ring (bicyclic) bond motifs is 13. The highest BCUT2D eigenvalue weighted by Crippen LogP contribution is 2.57. The third-order valence-electron chi connectivity index (χ3n) is 15.2. The molecule has 0 bridgehead atoms. The molecule has 2 heteroatoms. The molecule has 0 unspecified atom stereocenters. The first-order valence-electron chi connectivity index (χ1n) is 23.9. The lowest BCUT2D eigenvalue weighted by Crippen LogP contribution is -2.20. The molecule has 0 amide bonds. The average molecular weight is 855 g/mol. The lowest BCUT2D eigenvalue weighted by atomic mass is 9.76. The summed E-state index contributed by atoms with van der Waals surface area (Å²) in [5.74, 6) is 0. The molecule has 12 aromatic rings. The van der Waals surface area contributed by atoms with Crippen LogP contribution in [0.25, 0.3) is 112 Å². The summed E-state index contributed by atoms with van der Waals surface area (Å²) in [6, 6.07) is 76.7. The molecule has 2 heterocycles. The minimum absolute atomic E-state index is 0.0609. The van der Waals surface area contributed by atoms with Gasteiger partial charge in [0.15, 0.2) is 0 Å². The highest BCUT2D eigenvalue weighted by molar-refractivity contribution is 6.11. The van der Waals surface area contributed by atoms with Crippen LogP contribution in [-0.4, -0.2) is 9.13 Å². The summed E-state index contributed by atoms with van der Waals surface area (Å²) >= 11 is 0. The highest BCUT2D eigenvalue weighted by Gasteiger charge is 2.45. The summed E-state index contributed by atoms with van der Waals surface area (Å²) in [7, 11) is 0. The first kappa shape index (κ1) is 38.1. The summed E-state index contributed by atoms with van der Waals surface area (Å²) in [6.07, 6.45) is 14.2. The van der Waals surface area contributed by atoms with E-state index in [2.05, 4.69) is 240 Å². The fraction of sp³-hybridized carbons (Fsp3) is 0.0769. The molecule has 10 aromatic carbocycles. The van der Waals surface area contributed by atoms with Gasteiger partial charge in [-0.25, -0.2) is 0 Å². The van der Waals surface area contributed by atoms with Gasteiger partial charge in [0, 0.05) is 38.3 Å². The van der Waals surface area contributed by atoms with Gasteiger partial charge in [-0.2, -0.15) is 0 Å². The highest BCUT2D eigenvalue weighted by atomic mass is 15.0. The van der Waals surface area contributed by atoms with Crippen molar-refractivity contribution in [2.45, 2.75) is 31.1 Å². The van der Waals surface area contributed by atoms with Gasteiger partial charge in [0.25, 0.3) is 0 Å². The summed E-state index contributed by atoms with van der Waals surface area (Å²) in [5.41, 5.74) is 18.1. The smallest absolute Gasteiger partial charge is 0.0541 e. The van der Waals surface area contributed by atoms with Crippen molar-refractivity contribution in [3.8, 4) is 22.5 Å². The van der Waals surface area contributed by atoms with Crippen molar-refractivity contribution < 1.29 is 0 Å². The first-order chi connectivity index (χ1) is 33.1. The molecule has 0 N–H and O–H groups in total. The van der Waals surface area contributed by atoms with Crippen LogP contribution < -0.4 is 0 Å². The van der Waals surface area contributed by atoms with Crippen LogP contribution in [0, 0.1) is 0 Å². The minimum atomic E-state index is 0.0609. The number of aromatic nitrogens is 2. The molecular weight excluding hydrogens is 809 g/mol. The SMILES string of the molecule is C(=C\c1ccc2c(c1)c1ccccc1n2-c1ccc2ccccc2c1)/c1ccc2c(c1)C1(CCCC1)c1cc(/C=C/c3ccc4c(c3)c3ccccc3n4-c3ccc4ccccc4c3)ccc1-2. The molecule has 67 heavy (non-hydrogen) atoms. The van der Waals surface area contributed by atoms with Crippen molar-refractivity contribution in [1.82, 2.24) is 9.13 Å². The van der Waals surface area contributed by atoms with Gasteiger partial charge >= 0.3 is 0 Å². The molecule has 1 spiro atoms. The minimum Gasteiger partial charge on any atom is -0.309 e. The standard InChI is InChI=1S/C65H46N2/c1-3-13-49-41-51(29-27-47(49)11-1)66-61-17-7-5-15-55(61)57-37-43(25-33-63(57)66)19-21-45-23-31-53-54-32-24-46(40-60(54)65(59(53)39-45)35-9-10-36-65)22-20-44-26-34-64-58(38-44)56-16-6-8-18-62(56)67(64)52-30-28-48-12-2-4-14-50(48)42-52/h1-8,11-34,37-42H,9-10,35-36H2/b21-19+,22-20+. The molecule has 316 valence electrons. The van der Waals surface area contributed by atoms with Crippen LogP contribution in [0.1, 0.15) is 59.1 Å². The normalized spacial score (nSPS) is 14.3. The fourth-order valence-corrected chi connectivity index (χ4v) is 12.0. The van der Waals surface area contributed by atoms with Crippen LogP contribution in [0.2, 0.25) is 0 Å². The molecule has 0 atom stereocenters. The van der Waals surface area contributed by atoms with E-state index in [9.17, 15) is 0 Å². The molecule has 1 saturated carbocycles. The van der Waals surface area contributed by atoms with E-state index in [1.54, 1.807) is 0 Å². The van der Waals surface area contributed by atoms with Gasteiger partial charge in [-0.1, -0.05) is 183 Å². The predicted molar refractivity (Wildman–Crippen MR) is 286 cm³/mol. The molecule has 14 rings (SSSR count).